The summed E-state index contributed by atoms with van der Waals surface area (Å²) in [6, 6.07) is 9.75. The topological polar surface area (TPSA) is 56.3 Å². The molecule has 0 aliphatic carbocycles. The molecular weight excluding hydrogens is 254 g/mol. The van der Waals surface area contributed by atoms with Crippen molar-refractivity contribution >= 4 is 22.7 Å². The second-order valence-electron chi connectivity index (χ2n) is 4.77. The van der Waals surface area contributed by atoms with Gasteiger partial charge < -0.3 is 4.74 Å². The summed E-state index contributed by atoms with van der Waals surface area (Å²) in [5.41, 5.74) is 2.84. The number of hydrogen-bond acceptors (Lipinski definition) is 4. The van der Waals surface area contributed by atoms with E-state index < -0.39 is 0 Å². The van der Waals surface area contributed by atoms with Crippen molar-refractivity contribution in [3.8, 4) is 0 Å². The third-order valence-electron chi connectivity index (χ3n) is 3.13. The highest BCUT2D eigenvalue weighted by Gasteiger charge is 2.08. The fraction of sp³-hybridized carbons (Fsp3) is 0.312. The Morgan fingerprint density at radius 1 is 1.15 bits per heavy atom. The van der Waals surface area contributed by atoms with Crippen LogP contribution in [0.15, 0.2) is 30.3 Å². The monoisotopic (exact) mass is 271 g/mol. The van der Waals surface area contributed by atoms with Gasteiger partial charge in [-0.15, -0.1) is 0 Å². The fourth-order valence-electron chi connectivity index (χ4n) is 2.05. The van der Waals surface area contributed by atoms with Crippen LogP contribution in [0.25, 0.3) is 10.9 Å². The number of carbonyl (C=O) groups is 2. The Hall–Kier alpha value is -2.23. The van der Waals surface area contributed by atoms with Crippen LogP contribution < -0.4 is 0 Å². The molecule has 0 amide bonds. The summed E-state index contributed by atoms with van der Waals surface area (Å²) in [5, 5.41) is 1.02. The van der Waals surface area contributed by atoms with E-state index in [9.17, 15) is 9.59 Å². The van der Waals surface area contributed by atoms with Crippen LogP contribution >= 0.6 is 0 Å². The van der Waals surface area contributed by atoms with Crippen LogP contribution in [-0.2, 0) is 20.7 Å². The summed E-state index contributed by atoms with van der Waals surface area (Å²) in [6.07, 6.45) is 0.696. The minimum atomic E-state index is -0.350. The number of pyridine rings is 1. The number of aryl methyl sites for hydroxylation is 1. The predicted octanol–water partition coefficient (Wildman–Crippen LogP) is 2.61. The maximum absolute atomic E-state index is 11.8. The molecule has 0 aliphatic rings. The minimum absolute atomic E-state index is 0.0369. The molecule has 1 aromatic carbocycles. The van der Waals surface area contributed by atoms with Crippen molar-refractivity contribution in [1.82, 2.24) is 4.98 Å². The molecule has 0 atom stereocenters. The Bertz CT molecular complexity index is 649. The standard InChI is InChI=1S/C16H17NO3/c1-11-3-5-13-9-12(4-7-15(13)17-11)10-14(18)6-8-16(19)20-2/h3-5,7,9H,6,8,10H2,1-2H3. The van der Waals surface area contributed by atoms with Crippen LogP contribution in [0.5, 0.6) is 0 Å². The number of benzene rings is 1. The molecule has 2 aromatic rings. The second kappa shape index (κ2) is 6.28. The minimum Gasteiger partial charge on any atom is -0.469 e. The van der Waals surface area contributed by atoms with E-state index in [0.29, 0.717) is 6.42 Å². The van der Waals surface area contributed by atoms with Crippen molar-refractivity contribution in [3.05, 3.63) is 41.6 Å². The summed E-state index contributed by atoms with van der Waals surface area (Å²) in [5.74, 6) is -0.314. The number of carbonyl (C=O) groups excluding carboxylic acids is 2. The first-order valence-corrected chi connectivity index (χ1v) is 6.53. The molecule has 1 heterocycles. The summed E-state index contributed by atoms with van der Waals surface area (Å²) in [7, 11) is 1.32. The number of Topliss-reactive ketones (excluding diaryl/α,β-unsaturated/α-hetero) is 1. The van der Waals surface area contributed by atoms with E-state index in [4.69, 9.17) is 0 Å². The van der Waals surface area contributed by atoms with Gasteiger partial charge in [0.25, 0.3) is 0 Å². The van der Waals surface area contributed by atoms with Crippen LogP contribution in [0.1, 0.15) is 24.1 Å². The van der Waals surface area contributed by atoms with E-state index in [2.05, 4.69) is 9.72 Å². The lowest BCUT2D eigenvalue weighted by molar-refractivity contribution is -0.141. The lowest BCUT2D eigenvalue weighted by Gasteiger charge is -2.04. The first-order valence-electron chi connectivity index (χ1n) is 6.53. The molecule has 0 bridgehead atoms. The number of aromatic nitrogens is 1. The summed E-state index contributed by atoms with van der Waals surface area (Å²) in [4.78, 5) is 27.2. The molecule has 1 aromatic heterocycles. The van der Waals surface area contributed by atoms with E-state index in [1.165, 1.54) is 7.11 Å². The summed E-state index contributed by atoms with van der Waals surface area (Å²) >= 11 is 0. The average Bonchev–Trinajstić information content (AvgIpc) is 2.45. The molecule has 0 fully saturated rings. The number of ketones is 1. The SMILES string of the molecule is COC(=O)CCC(=O)Cc1ccc2nc(C)ccc2c1. The van der Waals surface area contributed by atoms with Crippen LogP contribution in [0.4, 0.5) is 0 Å². The van der Waals surface area contributed by atoms with Gasteiger partial charge in [-0.25, -0.2) is 0 Å². The van der Waals surface area contributed by atoms with Crippen LogP contribution in [0.3, 0.4) is 0 Å². The van der Waals surface area contributed by atoms with Gasteiger partial charge in [0.05, 0.1) is 19.0 Å². The third kappa shape index (κ3) is 3.63. The zero-order valence-corrected chi connectivity index (χ0v) is 11.7. The lowest BCUT2D eigenvalue weighted by atomic mass is 10.0. The zero-order chi connectivity index (χ0) is 14.5. The normalized spacial score (nSPS) is 10.5. The highest BCUT2D eigenvalue weighted by molar-refractivity contribution is 5.86. The number of rotatable bonds is 5. The van der Waals surface area contributed by atoms with Crippen molar-refractivity contribution in [2.45, 2.75) is 26.2 Å². The second-order valence-corrected chi connectivity index (χ2v) is 4.77. The number of fused-ring (bicyclic) bond motifs is 1. The van der Waals surface area contributed by atoms with Crippen molar-refractivity contribution in [2.75, 3.05) is 7.11 Å². The quantitative estimate of drug-likeness (QED) is 0.784. The maximum Gasteiger partial charge on any atom is 0.305 e. The molecule has 2 rings (SSSR count). The van der Waals surface area contributed by atoms with Crippen molar-refractivity contribution < 1.29 is 14.3 Å². The van der Waals surface area contributed by atoms with Gasteiger partial charge in [-0.3, -0.25) is 14.6 Å². The summed E-state index contributed by atoms with van der Waals surface area (Å²) < 4.78 is 4.52. The van der Waals surface area contributed by atoms with E-state index in [1.54, 1.807) is 0 Å². The highest BCUT2D eigenvalue weighted by Crippen LogP contribution is 2.15. The van der Waals surface area contributed by atoms with Gasteiger partial charge in [-0.05, 0) is 30.7 Å². The Morgan fingerprint density at radius 3 is 2.70 bits per heavy atom. The fourth-order valence-corrected chi connectivity index (χ4v) is 2.05. The van der Waals surface area contributed by atoms with Crippen LogP contribution in [0, 0.1) is 6.92 Å². The number of ether oxygens (including phenoxy) is 1. The lowest BCUT2D eigenvalue weighted by Crippen LogP contribution is -2.07. The van der Waals surface area contributed by atoms with Gasteiger partial charge in [-0.2, -0.15) is 0 Å². The molecule has 0 N–H and O–H groups in total. The van der Waals surface area contributed by atoms with Gasteiger partial charge in [0.2, 0.25) is 0 Å². The molecule has 0 radical (unpaired) electrons. The number of hydrogen-bond donors (Lipinski definition) is 0. The van der Waals surface area contributed by atoms with Crippen molar-refractivity contribution in [3.63, 3.8) is 0 Å². The number of nitrogens with zero attached hydrogens (tertiary/aromatic N) is 1. The molecule has 20 heavy (non-hydrogen) atoms. The van der Waals surface area contributed by atoms with E-state index in [0.717, 1.165) is 22.2 Å². The van der Waals surface area contributed by atoms with Gasteiger partial charge in [-0.1, -0.05) is 12.1 Å². The molecule has 0 unspecified atom stereocenters. The number of methoxy groups -OCH3 is 1. The number of esters is 1. The van der Waals surface area contributed by atoms with Gasteiger partial charge >= 0.3 is 5.97 Å². The van der Waals surface area contributed by atoms with Gasteiger partial charge in [0.1, 0.15) is 5.78 Å². The molecule has 104 valence electrons. The van der Waals surface area contributed by atoms with E-state index in [-0.39, 0.29) is 24.6 Å². The Labute approximate surface area is 117 Å². The molecule has 0 saturated heterocycles. The van der Waals surface area contributed by atoms with Crippen LogP contribution in [-0.4, -0.2) is 23.8 Å². The van der Waals surface area contributed by atoms with Gasteiger partial charge in [0, 0.05) is 23.9 Å². The Balaban J connectivity index is 2.04. The smallest absolute Gasteiger partial charge is 0.305 e. The van der Waals surface area contributed by atoms with Gasteiger partial charge in [0.15, 0.2) is 0 Å². The Morgan fingerprint density at radius 2 is 1.95 bits per heavy atom. The zero-order valence-electron chi connectivity index (χ0n) is 11.7. The molecule has 0 saturated carbocycles. The molecule has 0 spiro atoms. The van der Waals surface area contributed by atoms with E-state index >= 15 is 0 Å². The van der Waals surface area contributed by atoms with E-state index in [1.807, 2.05) is 37.3 Å². The van der Waals surface area contributed by atoms with Crippen LogP contribution in [0.2, 0.25) is 0 Å². The largest absolute Gasteiger partial charge is 0.469 e. The van der Waals surface area contributed by atoms with Crippen molar-refractivity contribution in [1.29, 1.82) is 0 Å². The maximum atomic E-state index is 11.8. The summed E-state index contributed by atoms with van der Waals surface area (Å²) in [6.45, 7) is 1.95. The predicted molar refractivity (Wildman–Crippen MR) is 76.4 cm³/mol. The molecule has 4 nitrogen and oxygen atoms in total. The third-order valence-corrected chi connectivity index (χ3v) is 3.13. The molecular formula is C16H17NO3. The first-order chi connectivity index (χ1) is 9.58. The average molecular weight is 271 g/mol. The molecule has 0 aliphatic heterocycles. The van der Waals surface area contributed by atoms with Crippen molar-refractivity contribution in [2.24, 2.45) is 0 Å². The highest BCUT2D eigenvalue weighted by atomic mass is 16.5. The first kappa shape index (κ1) is 14.2. The molecule has 4 heteroatoms. The Kier molecular flexibility index (Phi) is 4.45.